The van der Waals surface area contributed by atoms with E-state index in [9.17, 15) is 5.11 Å². The predicted molar refractivity (Wildman–Crippen MR) is 129 cm³/mol. The van der Waals surface area contributed by atoms with Crippen LogP contribution in [0.3, 0.4) is 0 Å². The van der Waals surface area contributed by atoms with Crippen molar-refractivity contribution in [1.82, 2.24) is 5.16 Å². The molecular weight excluding hydrogens is 386 g/mol. The number of aryl methyl sites for hydroxylation is 1. The van der Waals surface area contributed by atoms with Crippen molar-refractivity contribution in [3.8, 4) is 22.8 Å². The molecule has 0 spiro atoms. The highest BCUT2D eigenvalue weighted by Gasteiger charge is 2.17. The van der Waals surface area contributed by atoms with E-state index in [2.05, 4.69) is 36.5 Å². The number of phenols is 1. The van der Waals surface area contributed by atoms with E-state index in [0.717, 1.165) is 12.0 Å². The molecule has 0 saturated heterocycles. The van der Waals surface area contributed by atoms with Crippen LogP contribution in [0.5, 0.6) is 11.5 Å². The van der Waals surface area contributed by atoms with Crippen molar-refractivity contribution < 1.29 is 14.4 Å². The van der Waals surface area contributed by atoms with Crippen molar-refractivity contribution >= 4 is 17.2 Å². The number of allylic oxidation sites excluding steroid dienone is 3. The highest BCUT2D eigenvalue weighted by molar-refractivity contribution is 6.15. The number of aromatic hydroxyl groups is 1. The molecule has 1 aromatic carbocycles. The van der Waals surface area contributed by atoms with Crippen LogP contribution >= 0.6 is 11.6 Å². The van der Waals surface area contributed by atoms with E-state index in [1.807, 2.05) is 47.6 Å². The van der Waals surface area contributed by atoms with Crippen molar-refractivity contribution in [1.29, 1.82) is 0 Å². The first kappa shape index (κ1) is 31.2. The van der Waals surface area contributed by atoms with Crippen molar-refractivity contribution in [3.05, 3.63) is 61.4 Å². The average molecular weight is 424 g/mol. The highest BCUT2D eigenvalue weighted by atomic mass is 35.5. The topological polar surface area (TPSA) is 55.5 Å². The summed E-state index contributed by atoms with van der Waals surface area (Å²) >= 11 is 4.64. The first-order chi connectivity index (χ1) is 14.0. The summed E-state index contributed by atoms with van der Waals surface area (Å²) in [5.74, 6) is 0.743. The molecule has 29 heavy (non-hydrogen) atoms. The minimum absolute atomic E-state index is 0.0889. The first-order valence-corrected chi connectivity index (χ1v) is 10.4. The Balaban J connectivity index is -0.000000656. The van der Waals surface area contributed by atoms with Gasteiger partial charge in [0.1, 0.15) is 23.5 Å². The lowest BCUT2D eigenvalue weighted by Crippen LogP contribution is -1.93. The van der Waals surface area contributed by atoms with Crippen LogP contribution < -0.4 is 4.74 Å². The second kappa shape index (κ2) is 20.3. The number of methoxy groups -OCH3 is 1. The normalized spacial score (nSPS) is 8.17. The molecule has 0 bridgehead atoms. The summed E-state index contributed by atoms with van der Waals surface area (Å²) < 4.78 is 10.3. The van der Waals surface area contributed by atoms with E-state index in [4.69, 9.17) is 9.26 Å². The van der Waals surface area contributed by atoms with Gasteiger partial charge in [-0.05, 0) is 30.5 Å². The van der Waals surface area contributed by atoms with Crippen LogP contribution in [-0.4, -0.2) is 23.8 Å². The third-order valence-electron chi connectivity index (χ3n) is 3.20. The largest absolute Gasteiger partial charge is 0.507 e. The molecule has 5 heteroatoms. The molecule has 1 N–H and O–H groups in total. The molecule has 0 radical (unpaired) electrons. The lowest BCUT2D eigenvalue weighted by molar-refractivity contribution is 0.403. The molecule has 0 aliphatic heterocycles. The number of benzene rings is 1. The third kappa shape index (κ3) is 10.0. The molecule has 4 nitrogen and oxygen atoms in total. The SMILES string of the molecule is C=CC.C=CC(=C)c1conc1-c1cc(CC)c(OC)cc1O.CC.CC.CCl. The number of ether oxygens (including phenoxy) is 1. The Kier molecular flexibility index (Phi) is 21.8. The van der Waals surface area contributed by atoms with Crippen LogP contribution in [0.15, 0.2) is 54.8 Å². The van der Waals surface area contributed by atoms with E-state index in [1.54, 1.807) is 25.3 Å². The molecule has 0 saturated carbocycles. The molecule has 164 valence electrons. The summed E-state index contributed by atoms with van der Waals surface area (Å²) in [6, 6.07) is 3.44. The standard InChI is InChI=1S/C16H17NO3.C3H6.2C2H6.CH3Cl/c1-5-10(3)13-9-20-17-16(13)12-7-11(6-2)15(19-4)8-14(12)18;1-3-2;3*1-2/h5,7-9,18H,1,3,6H2,2,4H3;3H,1H2,2H3;2*1-2H3;1H3. The minimum atomic E-state index is 0.0889. The van der Waals surface area contributed by atoms with Crippen LogP contribution in [0.2, 0.25) is 0 Å². The second-order valence-corrected chi connectivity index (χ2v) is 4.75. The van der Waals surface area contributed by atoms with Crippen molar-refractivity contribution in [2.45, 2.75) is 48.0 Å². The molecule has 0 fully saturated rings. The smallest absolute Gasteiger partial charge is 0.132 e. The third-order valence-corrected chi connectivity index (χ3v) is 3.20. The van der Waals surface area contributed by atoms with Crippen LogP contribution in [0.4, 0.5) is 0 Å². The van der Waals surface area contributed by atoms with Gasteiger partial charge in [0.15, 0.2) is 0 Å². The number of halogens is 1. The molecule has 0 amide bonds. The van der Waals surface area contributed by atoms with Gasteiger partial charge in [0.05, 0.1) is 7.11 Å². The zero-order valence-corrected chi connectivity index (χ0v) is 20.1. The van der Waals surface area contributed by atoms with Crippen molar-refractivity contribution in [2.75, 3.05) is 13.5 Å². The fourth-order valence-corrected chi connectivity index (χ4v) is 2.04. The quantitative estimate of drug-likeness (QED) is 0.301. The number of phenolic OH excluding ortho intramolecular Hbond substituents is 1. The summed E-state index contributed by atoms with van der Waals surface area (Å²) in [6.07, 6.45) is 7.12. The Morgan fingerprint density at radius 3 is 2.14 bits per heavy atom. The molecule has 0 aliphatic carbocycles. The molecule has 2 aromatic rings. The molecule has 0 aliphatic rings. The van der Waals surface area contributed by atoms with Gasteiger partial charge in [-0.1, -0.05) is 65.1 Å². The summed E-state index contributed by atoms with van der Waals surface area (Å²) in [7, 11) is 1.58. The van der Waals surface area contributed by atoms with Crippen LogP contribution in [0.25, 0.3) is 16.8 Å². The Bertz CT molecular complexity index is 706. The van der Waals surface area contributed by atoms with Crippen molar-refractivity contribution in [2.24, 2.45) is 0 Å². The zero-order chi connectivity index (χ0) is 23.4. The van der Waals surface area contributed by atoms with E-state index >= 15 is 0 Å². The summed E-state index contributed by atoms with van der Waals surface area (Å²) in [5.41, 5.74) is 3.52. The Morgan fingerprint density at radius 2 is 1.72 bits per heavy atom. The summed E-state index contributed by atoms with van der Waals surface area (Å²) in [6.45, 7) is 22.8. The molecular formula is C24H38ClNO3. The van der Waals surface area contributed by atoms with Gasteiger partial charge in [0.2, 0.25) is 0 Å². The van der Waals surface area contributed by atoms with Gasteiger partial charge in [-0.15, -0.1) is 18.2 Å². The number of hydrogen-bond donors (Lipinski definition) is 1. The van der Waals surface area contributed by atoms with Gasteiger partial charge < -0.3 is 14.4 Å². The Labute approximate surface area is 182 Å². The number of alkyl halides is 1. The van der Waals surface area contributed by atoms with E-state index in [1.165, 1.54) is 12.6 Å². The van der Waals surface area contributed by atoms with Crippen LogP contribution in [0.1, 0.15) is 52.7 Å². The van der Waals surface area contributed by atoms with Gasteiger partial charge >= 0.3 is 0 Å². The molecule has 1 aromatic heterocycles. The van der Waals surface area contributed by atoms with Gasteiger partial charge in [-0.25, -0.2) is 0 Å². The lowest BCUT2D eigenvalue weighted by atomic mass is 9.99. The van der Waals surface area contributed by atoms with Gasteiger partial charge in [-0.3, -0.25) is 0 Å². The van der Waals surface area contributed by atoms with Gasteiger partial charge in [-0.2, -0.15) is 0 Å². The summed E-state index contributed by atoms with van der Waals surface area (Å²) in [4.78, 5) is 0. The van der Waals surface area contributed by atoms with Crippen LogP contribution in [0, 0.1) is 0 Å². The van der Waals surface area contributed by atoms with Gasteiger partial charge in [0, 0.05) is 23.6 Å². The molecule has 0 atom stereocenters. The first-order valence-electron chi connectivity index (χ1n) is 9.65. The maximum Gasteiger partial charge on any atom is 0.132 e. The minimum Gasteiger partial charge on any atom is -0.507 e. The van der Waals surface area contributed by atoms with Gasteiger partial charge in [0.25, 0.3) is 0 Å². The lowest BCUT2D eigenvalue weighted by Gasteiger charge is -2.11. The number of nitrogens with zero attached hydrogens (tertiary/aromatic N) is 1. The number of hydrogen-bond acceptors (Lipinski definition) is 4. The molecule has 1 heterocycles. The average Bonchev–Trinajstić information content (AvgIpc) is 3.27. The second-order valence-electron chi connectivity index (χ2n) is 4.75. The molecule has 2 rings (SSSR count). The van der Waals surface area contributed by atoms with E-state index in [-0.39, 0.29) is 5.75 Å². The monoisotopic (exact) mass is 423 g/mol. The zero-order valence-electron chi connectivity index (χ0n) is 19.3. The highest BCUT2D eigenvalue weighted by Crippen LogP contribution is 2.38. The fraction of sp³-hybridized carbons (Fsp3) is 0.375. The Morgan fingerprint density at radius 1 is 1.21 bits per heavy atom. The predicted octanol–water partition coefficient (Wildman–Crippen LogP) is 7.92. The maximum atomic E-state index is 10.2. The fourth-order valence-electron chi connectivity index (χ4n) is 2.04. The molecule has 0 unspecified atom stereocenters. The summed E-state index contributed by atoms with van der Waals surface area (Å²) in [5, 5.41) is 14.1. The van der Waals surface area contributed by atoms with Crippen molar-refractivity contribution in [3.63, 3.8) is 0 Å². The van der Waals surface area contributed by atoms with E-state index < -0.39 is 0 Å². The number of rotatable bonds is 5. The van der Waals surface area contributed by atoms with Crippen LogP contribution in [-0.2, 0) is 6.42 Å². The number of aromatic nitrogens is 1. The Hall–Kier alpha value is -2.46. The maximum absolute atomic E-state index is 10.2. The van der Waals surface area contributed by atoms with E-state index in [0.29, 0.717) is 28.1 Å².